The number of halogens is 3. The summed E-state index contributed by atoms with van der Waals surface area (Å²) in [6, 6.07) is 10.6. The summed E-state index contributed by atoms with van der Waals surface area (Å²) in [5.41, 5.74) is -0.0464. The second-order valence-electron chi connectivity index (χ2n) is 9.10. The van der Waals surface area contributed by atoms with Gasteiger partial charge in [-0.1, -0.05) is 17.7 Å². The minimum atomic E-state index is -1.34. The normalized spacial score (nSPS) is 11.6. The quantitative estimate of drug-likeness (QED) is 0.391. The number of nitrogens with zero attached hydrogens (tertiary/aromatic N) is 3. The average Bonchev–Trinajstić information content (AvgIpc) is 2.82. The Labute approximate surface area is 216 Å². The van der Waals surface area contributed by atoms with E-state index in [1.165, 1.54) is 29.0 Å². The van der Waals surface area contributed by atoms with Crippen LogP contribution in [-0.2, 0) is 12.2 Å². The van der Waals surface area contributed by atoms with Crippen LogP contribution in [0.1, 0.15) is 36.4 Å². The summed E-state index contributed by atoms with van der Waals surface area (Å²) in [6.45, 7) is 6.19. The Balaban J connectivity index is 1.76. The molecule has 0 unspecified atom stereocenters. The van der Waals surface area contributed by atoms with Gasteiger partial charge in [-0.3, -0.25) is 23.7 Å². The molecule has 4 rings (SSSR count). The molecule has 0 aliphatic heterocycles. The van der Waals surface area contributed by atoms with Crippen molar-refractivity contribution in [2.24, 2.45) is 0 Å². The molecule has 1 N–H and O–H groups in total. The fourth-order valence-corrected chi connectivity index (χ4v) is 4.13. The highest BCUT2D eigenvalue weighted by molar-refractivity contribution is 6.31. The molecule has 0 fully saturated rings. The maximum absolute atomic E-state index is 13.9. The molecule has 1 aromatic carbocycles. The lowest BCUT2D eigenvalue weighted by molar-refractivity contribution is 0.0768. The molecule has 192 valence electrons. The third kappa shape index (κ3) is 5.19. The summed E-state index contributed by atoms with van der Waals surface area (Å²) in [4.78, 5) is 30.0. The minimum absolute atomic E-state index is 0.0221. The number of hydrogen-bond acceptors (Lipinski definition) is 5. The van der Waals surface area contributed by atoms with Gasteiger partial charge in [-0.05, 0) is 57.5 Å². The first-order valence-corrected chi connectivity index (χ1v) is 11.7. The predicted octanol–water partition coefficient (Wildman–Crippen LogP) is 4.74. The van der Waals surface area contributed by atoms with Crippen molar-refractivity contribution in [3.8, 4) is 17.1 Å². The van der Waals surface area contributed by atoms with Gasteiger partial charge in [-0.15, -0.1) is 0 Å². The van der Waals surface area contributed by atoms with E-state index in [9.17, 15) is 23.5 Å². The van der Waals surface area contributed by atoms with Crippen LogP contribution in [0.4, 0.5) is 8.78 Å². The van der Waals surface area contributed by atoms with Crippen molar-refractivity contribution in [1.82, 2.24) is 14.1 Å². The number of hydrogen-bond donors (Lipinski definition) is 1. The van der Waals surface area contributed by atoms with Gasteiger partial charge in [-0.2, -0.15) is 0 Å². The first-order chi connectivity index (χ1) is 17.4. The first kappa shape index (κ1) is 26.2. The number of aryl methyl sites for hydroxylation is 2. The summed E-state index contributed by atoms with van der Waals surface area (Å²) in [7, 11) is 0. The molecule has 0 bridgehead atoms. The SMILES string of the molecule is Cc1ccc(-n2cccc(C(C)(C)O)c2=O)cc1-n1c(C)cc(OCc2ncc(F)cc2F)c(Cl)c1=O. The van der Waals surface area contributed by atoms with Gasteiger partial charge >= 0.3 is 0 Å². The maximum Gasteiger partial charge on any atom is 0.277 e. The molecule has 0 saturated carbocycles. The van der Waals surface area contributed by atoms with Crippen LogP contribution in [-0.4, -0.2) is 19.2 Å². The lowest BCUT2D eigenvalue weighted by Crippen LogP contribution is -2.31. The molecule has 4 aromatic rings. The number of aliphatic hydroxyl groups is 1. The molecule has 0 aliphatic carbocycles. The molecule has 0 atom stereocenters. The molecule has 7 nitrogen and oxygen atoms in total. The van der Waals surface area contributed by atoms with E-state index < -0.39 is 28.4 Å². The van der Waals surface area contributed by atoms with Crippen molar-refractivity contribution < 1.29 is 18.6 Å². The van der Waals surface area contributed by atoms with Crippen molar-refractivity contribution in [3.63, 3.8) is 0 Å². The molecule has 0 spiro atoms. The number of aromatic nitrogens is 3. The van der Waals surface area contributed by atoms with Crippen molar-refractivity contribution in [3.05, 3.63) is 115 Å². The summed E-state index contributed by atoms with van der Waals surface area (Å²) in [5, 5.41) is 10.1. The van der Waals surface area contributed by atoms with Gasteiger partial charge in [0, 0.05) is 29.6 Å². The van der Waals surface area contributed by atoms with Crippen LogP contribution in [0.15, 0.2) is 64.4 Å². The highest BCUT2D eigenvalue weighted by Crippen LogP contribution is 2.27. The first-order valence-electron chi connectivity index (χ1n) is 11.3. The Hall–Kier alpha value is -3.82. The standard InChI is InChI=1S/C27H24ClF2N3O4/c1-15-7-8-18(32-9-5-6-19(25(32)34)27(3,4)36)12-22(15)33-16(2)10-23(24(28)26(33)35)37-14-21-20(30)11-17(29)13-31-21/h5-13,36H,14H2,1-4H3. The molecule has 37 heavy (non-hydrogen) atoms. The fourth-order valence-electron chi connectivity index (χ4n) is 3.93. The third-order valence-corrected chi connectivity index (χ3v) is 6.21. The zero-order chi connectivity index (χ0) is 27.1. The van der Waals surface area contributed by atoms with E-state index in [0.717, 1.165) is 11.8 Å². The van der Waals surface area contributed by atoms with Crippen LogP contribution in [0.2, 0.25) is 5.02 Å². The highest BCUT2D eigenvalue weighted by Gasteiger charge is 2.22. The van der Waals surface area contributed by atoms with Crippen molar-refractivity contribution in [2.75, 3.05) is 0 Å². The second kappa shape index (κ2) is 9.91. The van der Waals surface area contributed by atoms with Gasteiger partial charge in [0.05, 0.1) is 23.2 Å². The Kier molecular flexibility index (Phi) is 7.03. The Morgan fingerprint density at radius 1 is 1.08 bits per heavy atom. The Morgan fingerprint density at radius 2 is 1.81 bits per heavy atom. The topological polar surface area (TPSA) is 86.3 Å². The zero-order valence-electron chi connectivity index (χ0n) is 20.6. The maximum atomic E-state index is 13.9. The molecule has 10 heteroatoms. The van der Waals surface area contributed by atoms with E-state index >= 15 is 0 Å². The van der Waals surface area contributed by atoms with Crippen LogP contribution in [0.5, 0.6) is 5.75 Å². The summed E-state index contributed by atoms with van der Waals surface area (Å²) in [5.74, 6) is -1.67. The number of benzene rings is 1. The molecular formula is C27H24ClF2N3O4. The average molecular weight is 528 g/mol. The monoisotopic (exact) mass is 527 g/mol. The van der Waals surface area contributed by atoms with Crippen LogP contribution < -0.4 is 15.9 Å². The smallest absolute Gasteiger partial charge is 0.277 e. The van der Waals surface area contributed by atoms with E-state index in [2.05, 4.69) is 4.98 Å². The molecule has 0 aliphatic rings. The molecule has 0 amide bonds. The van der Waals surface area contributed by atoms with E-state index in [1.54, 1.807) is 43.5 Å². The fraction of sp³-hybridized carbons (Fsp3) is 0.222. The second-order valence-corrected chi connectivity index (χ2v) is 9.48. The molecule has 3 aromatic heterocycles. The van der Waals surface area contributed by atoms with Gasteiger partial charge in [0.25, 0.3) is 11.1 Å². The van der Waals surface area contributed by atoms with Gasteiger partial charge in [0.1, 0.15) is 28.9 Å². The summed E-state index contributed by atoms with van der Waals surface area (Å²) < 4.78 is 35.3. The third-order valence-electron chi connectivity index (χ3n) is 5.87. The van der Waals surface area contributed by atoms with Crippen molar-refractivity contribution >= 4 is 11.6 Å². The van der Waals surface area contributed by atoms with Gasteiger partial charge in [0.2, 0.25) is 0 Å². The van der Waals surface area contributed by atoms with E-state index in [4.69, 9.17) is 16.3 Å². The molecular weight excluding hydrogens is 504 g/mol. The van der Waals surface area contributed by atoms with E-state index in [1.807, 2.05) is 6.92 Å². The zero-order valence-corrected chi connectivity index (χ0v) is 21.3. The minimum Gasteiger partial charge on any atom is -0.485 e. The molecule has 0 saturated heterocycles. The molecule has 0 radical (unpaired) electrons. The van der Waals surface area contributed by atoms with Crippen molar-refractivity contribution in [1.29, 1.82) is 0 Å². The lowest BCUT2D eigenvalue weighted by Gasteiger charge is -2.20. The summed E-state index contributed by atoms with van der Waals surface area (Å²) >= 11 is 6.34. The van der Waals surface area contributed by atoms with Gasteiger partial charge in [-0.25, -0.2) is 8.78 Å². The van der Waals surface area contributed by atoms with Gasteiger partial charge < -0.3 is 9.84 Å². The van der Waals surface area contributed by atoms with Crippen molar-refractivity contribution in [2.45, 2.75) is 39.9 Å². The Bertz CT molecular complexity index is 1620. The number of rotatable bonds is 6. The van der Waals surface area contributed by atoms with E-state index in [0.29, 0.717) is 23.1 Å². The number of pyridine rings is 3. The van der Waals surface area contributed by atoms with Crippen LogP contribution in [0.25, 0.3) is 11.4 Å². The molecule has 3 heterocycles. The van der Waals surface area contributed by atoms with Crippen LogP contribution in [0.3, 0.4) is 0 Å². The van der Waals surface area contributed by atoms with Gasteiger partial charge in [0.15, 0.2) is 5.82 Å². The van der Waals surface area contributed by atoms with Crippen LogP contribution >= 0.6 is 11.6 Å². The van der Waals surface area contributed by atoms with E-state index in [-0.39, 0.29) is 28.6 Å². The predicted molar refractivity (Wildman–Crippen MR) is 136 cm³/mol. The summed E-state index contributed by atoms with van der Waals surface area (Å²) in [6.07, 6.45) is 2.44. The Morgan fingerprint density at radius 3 is 2.49 bits per heavy atom. The van der Waals surface area contributed by atoms with Crippen LogP contribution in [0, 0.1) is 25.5 Å². The number of ether oxygens (including phenoxy) is 1. The lowest BCUT2D eigenvalue weighted by atomic mass is 10.00. The highest BCUT2D eigenvalue weighted by atomic mass is 35.5. The largest absolute Gasteiger partial charge is 0.485 e.